The van der Waals surface area contributed by atoms with E-state index in [1.165, 1.54) is 0 Å². The number of rotatable bonds is 6. The van der Waals surface area contributed by atoms with Crippen molar-refractivity contribution in [2.75, 3.05) is 6.61 Å². The van der Waals surface area contributed by atoms with E-state index in [1.807, 2.05) is 24.3 Å². The largest absolute Gasteiger partial charge is 0.484 e. The summed E-state index contributed by atoms with van der Waals surface area (Å²) in [5, 5.41) is 11.8. The van der Waals surface area contributed by atoms with Crippen molar-refractivity contribution < 1.29 is 19.4 Å². The van der Waals surface area contributed by atoms with Crippen molar-refractivity contribution in [2.45, 2.75) is 38.6 Å². The fourth-order valence-electron chi connectivity index (χ4n) is 2.61. The van der Waals surface area contributed by atoms with E-state index < -0.39 is 5.97 Å². The molecule has 0 spiro atoms. The fraction of sp³-hybridized carbons (Fsp3) is 0.500. The monoisotopic (exact) mass is 291 g/mol. The molecule has 1 saturated carbocycles. The van der Waals surface area contributed by atoms with Crippen LogP contribution in [-0.4, -0.2) is 29.6 Å². The fourth-order valence-corrected chi connectivity index (χ4v) is 2.61. The van der Waals surface area contributed by atoms with Crippen molar-refractivity contribution in [1.82, 2.24) is 5.32 Å². The molecule has 5 nitrogen and oxygen atoms in total. The SMILES string of the molecule is CCc1cccc(OCC(=O)N[C@H]2CC[C@@H](C(=O)O)C2)c1. The van der Waals surface area contributed by atoms with E-state index >= 15 is 0 Å². The Balaban J connectivity index is 1.76. The number of aryl methyl sites for hydroxylation is 1. The van der Waals surface area contributed by atoms with Crippen LogP contribution in [0.4, 0.5) is 0 Å². The molecule has 1 aromatic carbocycles. The third-order valence-electron chi connectivity index (χ3n) is 3.82. The van der Waals surface area contributed by atoms with Crippen LogP contribution < -0.4 is 10.1 Å². The molecule has 21 heavy (non-hydrogen) atoms. The summed E-state index contributed by atoms with van der Waals surface area (Å²) in [4.78, 5) is 22.7. The van der Waals surface area contributed by atoms with Gasteiger partial charge in [0.2, 0.25) is 0 Å². The van der Waals surface area contributed by atoms with Gasteiger partial charge in [0.1, 0.15) is 5.75 Å². The Bertz CT molecular complexity index is 515. The Morgan fingerprint density at radius 2 is 2.19 bits per heavy atom. The van der Waals surface area contributed by atoms with E-state index in [4.69, 9.17) is 9.84 Å². The number of benzene rings is 1. The summed E-state index contributed by atoms with van der Waals surface area (Å²) in [6.07, 6.45) is 2.77. The van der Waals surface area contributed by atoms with Gasteiger partial charge >= 0.3 is 5.97 Å². The third kappa shape index (κ3) is 4.48. The Labute approximate surface area is 124 Å². The summed E-state index contributed by atoms with van der Waals surface area (Å²) in [6, 6.07) is 7.60. The molecule has 1 fully saturated rings. The van der Waals surface area contributed by atoms with Crippen LogP contribution in [-0.2, 0) is 16.0 Å². The maximum Gasteiger partial charge on any atom is 0.306 e. The number of carboxylic acids is 1. The van der Waals surface area contributed by atoms with Crippen LogP contribution in [0.1, 0.15) is 31.7 Å². The number of aliphatic carboxylic acids is 1. The number of ether oxygens (including phenoxy) is 1. The summed E-state index contributed by atoms with van der Waals surface area (Å²) in [5.74, 6) is -0.635. The first kappa shape index (κ1) is 15.4. The van der Waals surface area contributed by atoms with E-state index in [2.05, 4.69) is 12.2 Å². The molecule has 2 N–H and O–H groups in total. The Kier molecular flexibility index (Phi) is 5.20. The summed E-state index contributed by atoms with van der Waals surface area (Å²) < 4.78 is 5.47. The molecule has 1 aliphatic rings. The highest BCUT2D eigenvalue weighted by atomic mass is 16.5. The van der Waals surface area contributed by atoms with Gasteiger partial charge in [-0.05, 0) is 43.4 Å². The minimum Gasteiger partial charge on any atom is -0.484 e. The van der Waals surface area contributed by atoms with E-state index in [-0.39, 0.29) is 24.5 Å². The standard InChI is InChI=1S/C16H21NO4/c1-2-11-4-3-5-14(8-11)21-10-15(18)17-13-7-6-12(9-13)16(19)20/h3-5,8,12-13H,2,6-7,9-10H2,1H3,(H,17,18)(H,19,20)/t12-,13+/m1/s1. The zero-order chi connectivity index (χ0) is 15.2. The minimum atomic E-state index is -0.778. The molecule has 1 amide bonds. The van der Waals surface area contributed by atoms with Gasteiger partial charge in [-0.15, -0.1) is 0 Å². The molecular weight excluding hydrogens is 270 g/mol. The smallest absolute Gasteiger partial charge is 0.306 e. The van der Waals surface area contributed by atoms with Gasteiger partial charge in [-0.25, -0.2) is 0 Å². The Hall–Kier alpha value is -2.04. The van der Waals surface area contributed by atoms with Crippen LogP contribution in [0.15, 0.2) is 24.3 Å². The molecule has 0 radical (unpaired) electrons. The quantitative estimate of drug-likeness (QED) is 0.840. The normalized spacial score (nSPS) is 21.0. The molecule has 2 atom stereocenters. The number of hydrogen-bond acceptors (Lipinski definition) is 3. The molecule has 0 aromatic heterocycles. The lowest BCUT2D eigenvalue weighted by Crippen LogP contribution is -2.36. The van der Waals surface area contributed by atoms with Crippen molar-refractivity contribution in [1.29, 1.82) is 0 Å². The van der Waals surface area contributed by atoms with Gasteiger partial charge in [-0.2, -0.15) is 0 Å². The number of carbonyl (C=O) groups excluding carboxylic acids is 1. The van der Waals surface area contributed by atoms with Crippen molar-refractivity contribution in [3.63, 3.8) is 0 Å². The molecule has 0 aliphatic heterocycles. The van der Waals surface area contributed by atoms with E-state index in [0.717, 1.165) is 12.0 Å². The second kappa shape index (κ2) is 7.11. The number of hydrogen-bond donors (Lipinski definition) is 2. The number of carboxylic acid groups (broad SMARTS) is 1. The topological polar surface area (TPSA) is 75.6 Å². The van der Waals surface area contributed by atoms with Crippen molar-refractivity contribution in [3.8, 4) is 5.75 Å². The highest BCUT2D eigenvalue weighted by molar-refractivity contribution is 5.78. The second-order valence-corrected chi connectivity index (χ2v) is 5.40. The van der Waals surface area contributed by atoms with Gasteiger partial charge in [-0.3, -0.25) is 9.59 Å². The van der Waals surface area contributed by atoms with Crippen molar-refractivity contribution in [3.05, 3.63) is 29.8 Å². The minimum absolute atomic E-state index is 0.0403. The van der Waals surface area contributed by atoms with Crippen LogP contribution in [0.3, 0.4) is 0 Å². The molecule has 0 saturated heterocycles. The first-order valence-electron chi connectivity index (χ1n) is 7.32. The first-order valence-corrected chi connectivity index (χ1v) is 7.32. The zero-order valence-corrected chi connectivity index (χ0v) is 12.2. The van der Waals surface area contributed by atoms with Gasteiger partial charge in [0.15, 0.2) is 6.61 Å². The number of carbonyl (C=O) groups is 2. The molecule has 0 bridgehead atoms. The maximum absolute atomic E-state index is 11.8. The average molecular weight is 291 g/mol. The van der Waals surface area contributed by atoms with E-state index in [9.17, 15) is 9.59 Å². The average Bonchev–Trinajstić information content (AvgIpc) is 2.94. The van der Waals surface area contributed by atoms with Crippen molar-refractivity contribution >= 4 is 11.9 Å². The molecule has 1 aliphatic carbocycles. The maximum atomic E-state index is 11.8. The van der Waals surface area contributed by atoms with Crippen LogP contribution >= 0.6 is 0 Å². The molecule has 0 heterocycles. The predicted octanol–water partition coefficient (Wildman–Crippen LogP) is 2.00. The van der Waals surface area contributed by atoms with Crippen LogP contribution in [0.25, 0.3) is 0 Å². The molecule has 114 valence electrons. The van der Waals surface area contributed by atoms with Gasteiger partial charge in [-0.1, -0.05) is 19.1 Å². The van der Waals surface area contributed by atoms with Crippen LogP contribution in [0.5, 0.6) is 5.75 Å². The second-order valence-electron chi connectivity index (χ2n) is 5.40. The van der Waals surface area contributed by atoms with E-state index in [0.29, 0.717) is 25.0 Å². The summed E-state index contributed by atoms with van der Waals surface area (Å²) in [7, 11) is 0. The molecule has 5 heteroatoms. The van der Waals surface area contributed by atoms with Crippen LogP contribution in [0.2, 0.25) is 0 Å². The van der Waals surface area contributed by atoms with Gasteiger partial charge in [0, 0.05) is 6.04 Å². The molecule has 0 unspecified atom stereocenters. The van der Waals surface area contributed by atoms with Crippen LogP contribution in [0, 0.1) is 5.92 Å². The summed E-state index contributed by atoms with van der Waals surface area (Å²) in [6.45, 7) is 2.02. The van der Waals surface area contributed by atoms with Gasteiger partial charge in [0.25, 0.3) is 5.91 Å². The summed E-state index contributed by atoms with van der Waals surface area (Å²) >= 11 is 0. The first-order chi connectivity index (χ1) is 10.1. The predicted molar refractivity (Wildman–Crippen MR) is 78.2 cm³/mol. The number of nitrogens with one attached hydrogen (secondary N) is 1. The Morgan fingerprint density at radius 3 is 2.86 bits per heavy atom. The number of amides is 1. The third-order valence-corrected chi connectivity index (χ3v) is 3.82. The molecule has 1 aromatic rings. The molecule has 2 rings (SSSR count). The lowest BCUT2D eigenvalue weighted by atomic mass is 10.1. The highest BCUT2D eigenvalue weighted by Gasteiger charge is 2.30. The zero-order valence-electron chi connectivity index (χ0n) is 12.2. The Morgan fingerprint density at radius 1 is 1.38 bits per heavy atom. The molecular formula is C16H21NO4. The lowest BCUT2D eigenvalue weighted by molar-refractivity contribution is -0.141. The van der Waals surface area contributed by atoms with Gasteiger partial charge < -0.3 is 15.2 Å². The summed E-state index contributed by atoms with van der Waals surface area (Å²) in [5.41, 5.74) is 1.16. The highest BCUT2D eigenvalue weighted by Crippen LogP contribution is 2.25. The lowest BCUT2D eigenvalue weighted by Gasteiger charge is -2.13. The van der Waals surface area contributed by atoms with Gasteiger partial charge in [0.05, 0.1) is 5.92 Å². The van der Waals surface area contributed by atoms with E-state index in [1.54, 1.807) is 0 Å². The van der Waals surface area contributed by atoms with Crippen molar-refractivity contribution in [2.24, 2.45) is 5.92 Å².